The van der Waals surface area contributed by atoms with Gasteiger partial charge in [-0.05, 0) is 37.3 Å². The van der Waals surface area contributed by atoms with Crippen molar-refractivity contribution in [3.8, 4) is 34.4 Å². The van der Waals surface area contributed by atoms with E-state index in [1.807, 2.05) is 55.5 Å². The van der Waals surface area contributed by atoms with Crippen molar-refractivity contribution in [3.05, 3.63) is 54.2 Å². The maximum atomic E-state index is 5.89. The minimum Gasteiger partial charge on any atom is -0.497 e. The van der Waals surface area contributed by atoms with Gasteiger partial charge in [0, 0.05) is 10.9 Å². The SMILES string of the molecule is COc1cccc(-c2nnc(-c3cc4cccc(OC)c4nc3C)o2)c1. The van der Waals surface area contributed by atoms with Gasteiger partial charge in [-0.25, -0.2) is 4.98 Å². The Kier molecular flexibility index (Phi) is 4.01. The van der Waals surface area contributed by atoms with E-state index in [-0.39, 0.29) is 0 Å². The highest BCUT2D eigenvalue weighted by Gasteiger charge is 2.15. The number of rotatable bonds is 4. The van der Waals surface area contributed by atoms with Gasteiger partial charge in [-0.3, -0.25) is 0 Å². The molecule has 0 atom stereocenters. The molecule has 2 heterocycles. The number of aromatic nitrogens is 3. The average Bonchev–Trinajstić information content (AvgIpc) is 3.17. The Bertz CT molecular complexity index is 1090. The normalized spacial score (nSPS) is 10.9. The number of aryl methyl sites for hydroxylation is 1. The van der Waals surface area contributed by atoms with Gasteiger partial charge in [0.2, 0.25) is 11.8 Å². The molecule has 0 aliphatic heterocycles. The number of hydrogen-bond donors (Lipinski definition) is 0. The zero-order valence-electron chi connectivity index (χ0n) is 14.7. The van der Waals surface area contributed by atoms with Crippen LogP contribution in [0.5, 0.6) is 11.5 Å². The van der Waals surface area contributed by atoms with Crippen molar-refractivity contribution in [2.24, 2.45) is 0 Å². The third-order valence-electron chi connectivity index (χ3n) is 4.19. The Morgan fingerprint density at radius 3 is 2.50 bits per heavy atom. The van der Waals surface area contributed by atoms with Gasteiger partial charge < -0.3 is 13.9 Å². The van der Waals surface area contributed by atoms with Gasteiger partial charge in [0.25, 0.3) is 0 Å². The molecule has 0 amide bonds. The molecule has 0 spiro atoms. The van der Waals surface area contributed by atoms with Crippen molar-refractivity contribution in [2.45, 2.75) is 6.92 Å². The van der Waals surface area contributed by atoms with Gasteiger partial charge in [0.1, 0.15) is 17.0 Å². The van der Waals surface area contributed by atoms with Gasteiger partial charge in [0.05, 0.1) is 25.5 Å². The standard InChI is InChI=1S/C20H17N3O3/c1-12-16(11-13-6-5-9-17(25-3)18(13)21-12)20-23-22-19(26-20)14-7-4-8-15(10-14)24-2/h4-11H,1-3H3. The molecule has 0 bridgehead atoms. The number of ether oxygens (including phenoxy) is 2. The van der Waals surface area contributed by atoms with Crippen LogP contribution in [0.25, 0.3) is 33.8 Å². The fourth-order valence-electron chi connectivity index (χ4n) is 2.85. The van der Waals surface area contributed by atoms with E-state index in [9.17, 15) is 0 Å². The molecule has 0 aliphatic rings. The first kappa shape index (κ1) is 16.1. The summed E-state index contributed by atoms with van der Waals surface area (Å²) in [5.41, 5.74) is 3.20. The van der Waals surface area contributed by atoms with E-state index in [2.05, 4.69) is 15.2 Å². The van der Waals surface area contributed by atoms with Gasteiger partial charge in [-0.2, -0.15) is 0 Å². The molecule has 6 nitrogen and oxygen atoms in total. The van der Waals surface area contributed by atoms with E-state index in [4.69, 9.17) is 13.9 Å². The number of methoxy groups -OCH3 is 2. The lowest BCUT2D eigenvalue weighted by atomic mass is 10.1. The zero-order valence-corrected chi connectivity index (χ0v) is 14.7. The van der Waals surface area contributed by atoms with Crippen LogP contribution in [0.1, 0.15) is 5.69 Å². The highest BCUT2D eigenvalue weighted by Crippen LogP contribution is 2.31. The van der Waals surface area contributed by atoms with Crippen LogP contribution in [0.4, 0.5) is 0 Å². The van der Waals surface area contributed by atoms with E-state index in [1.165, 1.54) is 0 Å². The van der Waals surface area contributed by atoms with Gasteiger partial charge in [-0.15, -0.1) is 10.2 Å². The second kappa shape index (κ2) is 6.48. The number of hydrogen-bond acceptors (Lipinski definition) is 6. The van der Waals surface area contributed by atoms with Crippen LogP contribution in [-0.2, 0) is 0 Å². The summed E-state index contributed by atoms with van der Waals surface area (Å²) in [6.45, 7) is 1.91. The third kappa shape index (κ3) is 2.75. The highest BCUT2D eigenvalue weighted by atomic mass is 16.5. The summed E-state index contributed by atoms with van der Waals surface area (Å²) >= 11 is 0. The fourth-order valence-corrected chi connectivity index (χ4v) is 2.85. The maximum Gasteiger partial charge on any atom is 0.250 e. The van der Waals surface area contributed by atoms with Crippen LogP contribution in [-0.4, -0.2) is 29.4 Å². The van der Waals surface area contributed by atoms with E-state index in [1.54, 1.807) is 14.2 Å². The molecule has 4 aromatic rings. The van der Waals surface area contributed by atoms with E-state index in [0.717, 1.165) is 39.2 Å². The van der Waals surface area contributed by atoms with Crippen molar-refractivity contribution < 1.29 is 13.9 Å². The Labute approximate surface area is 150 Å². The van der Waals surface area contributed by atoms with Crippen molar-refractivity contribution in [1.29, 1.82) is 0 Å². The summed E-state index contributed by atoms with van der Waals surface area (Å²) in [6, 6.07) is 15.3. The lowest BCUT2D eigenvalue weighted by Crippen LogP contribution is -1.93. The largest absolute Gasteiger partial charge is 0.497 e. The van der Waals surface area contributed by atoms with Crippen molar-refractivity contribution in [2.75, 3.05) is 14.2 Å². The Hall–Kier alpha value is -3.41. The Balaban J connectivity index is 1.79. The van der Waals surface area contributed by atoms with Crippen molar-refractivity contribution in [3.63, 3.8) is 0 Å². The molecule has 2 aromatic carbocycles. The lowest BCUT2D eigenvalue weighted by Gasteiger charge is -2.07. The average molecular weight is 347 g/mol. The predicted octanol–water partition coefficient (Wildman–Crippen LogP) is 4.28. The van der Waals surface area contributed by atoms with Crippen LogP contribution >= 0.6 is 0 Å². The first-order valence-electron chi connectivity index (χ1n) is 8.12. The summed E-state index contributed by atoms with van der Waals surface area (Å²) in [5, 5.41) is 9.32. The molecule has 0 unspecified atom stereocenters. The highest BCUT2D eigenvalue weighted by molar-refractivity contribution is 5.88. The van der Waals surface area contributed by atoms with Crippen LogP contribution < -0.4 is 9.47 Å². The molecule has 2 aromatic heterocycles. The van der Waals surface area contributed by atoms with Crippen LogP contribution in [0, 0.1) is 6.92 Å². The maximum absolute atomic E-state index is 5.89. The second-order valence-electron chi connectivity index (χ2n) is 5.80. The summed E-state index contributed by atoms with van der Waals surface area (Å²) in [6.07, 6.45) is 0. The summed E-state index contributed by atoms with van der Waals surface area (Å²) in [4.78, 5) is 4.66. The van der Waals surface area contributed by atoms with Crippen molar-refractivity contribution >= 4 is 10.9 Å². The van der Waals surface area contributed by atoms with E-state index >= 15 is 0 Å². The first-order valence-corrected chi connectivity index (χ1v) is 8.12. The molecular formula is C20H17N3O3. The summed E-state index contributed by atoms with van der Waals surface area (Å²) < 4.78 is 16.5. The molecule has 0 N–H and O–H groups in total. The lowest BCUT2D eigenvalue weighted by molar-refractivity contribution is 0.415. The molecule has 26 heavy (non-hydrogen) atoms. The molecule has 0 radical (unpaired) electrons. The van der Waals surface area contributed by atoms with Gasteiger partial charge >= 0.3 is 0 Å². The van der Waals surface area contributed by atoms with E-state index in [0.29, 0.717) is 11.8 Å². The van der Waals surface area contributed by atoms with Crippen LogP contribution in [0.15, 0.2) is 52.9 Å². The number of pyridine rings is 1. The monoisotopic (exact) mass is 347 g/mol. The predicted molar refractivity (Wildman–Crippen MR) is 98.3 cm³/mol. The van der Waals surface area contributed by atoms with Crippen molar-refractivity contribution in [1.82, 2.24) is 15.2 Å². The molecule has 0 aliphatic carbocycles. The summed E-state index contributed by atoms with van der Waals surface area (Å²) in [5.74, 6) is 2.33. The topological polar surface area (TPSA) is 70.3 Å². The van der Waals surface area contributed by atoms with Crippen LogP contribution in [0.3, 0.4) is 0 Å². The number of nitrogens with zero attached hydrogens (tertiary/aromatic N) is 3. The number of benzene rings is 2. The second-order valence-corrected chi connectivity index (χ2v) is 5.80. The molecule has 6 heteroatoms. The Morgan fingerprint density at radius 1 is 0.885 bits per heavy atom. The minimum atomic E-state index is 0.428. The molecular weight excluding hydrogens is 330 g/mol. The molecule has 0 saturated carbocycles. The van der Waals surface area contributed by atoms with E-state index < -0.39 is 0 Å². The molecule has 130 valence electrons. The number of para-hydroxylation sites is 1. The number of fused-ring (bicyclic) bond motifs is 1. The minimum absolute atomic E-state index is 0.428. The van der Waals surface area contributed by atoms with Gasteiger partial charge in [-0.1, -0.05) is 18.2 Å². The molecule has 4 rings (SSSR count). The van der Waals surface area contributed by atoms with Crippen LogP contribution in [0.2, 0.25) is 0 Å². The fraction of sp³-hybridized carbons (Fsp3) is 0.150. The third-order valence-corrected chi connectivity index (χ3v) is 4.19. The molecule has 0 saturated heterocycles. The quantitative estimate of drug-likeness (QED) is 0.549. The smallest absolute Gasteiger partial charge is 0.250 e. The first-order chi connectivity index (χ1) is 12.7. The van der Waals surface area contributed by atoms with Gasteiger partial charge in [0.15, 0.2) is 0 Å². The summed E-state index contributed by atoms with van der Waals surface area (Å²) in [7, 11) is 3.26. The molecule has 0 fully saturated rings. The Morgan fingerprint density at radius 2 is 1.69 bits per heavy atom. The zero-order chi connectivity index (χ0) is 18.1.